The number of ether oxygens (including phenoxy) is 1. The molecule has 0 bridgehead atoms. The molecule has 1 amide bonds. The van der Waals surface area contributed by atoms with Crippen molar-refractivity contribution in [3.05, 3.63) is 34.8 Å². The molecule has 0 radical (unpaired) electrons. The molecule has 2 aromatic rings. The van der Waals surface area contributed by atoms with Crippen LogP contribution in [0.4, 0.5) is 10.5 Å². The quantitative estimate of drug-likeness (QED) is 0.813. The molecule has 1 aromatic heterocycles. The molecule has 1 saturated heterocycles. The molecule has 3 rings (SSSR count). The first-order chi connectivity index (χ1) is 11.2. The van der Waals surface area contributed by atoms with Gasteiger partial charge in [0.05, 0.1) is 6.61 Å². The lowest BCUT2D eigenvalue weighted by molar-refractivity contribution is 0.131. The van der Waals surface area contributed by atoms with Crippen LogP contribution in [-0.4, -0.2) is 30.8 Å². The Balaban J connectivity index is 0.00000208. The Bertz CT molecular complexity index is 658. The van der Waals surface area contributed by atoms with E-state index in [2.05, 4.69) is 15.6 Å². The number of carbonyl (C=O) groups excluding carboxylic acids is 1. The minimum atomic E-state index is -0.409. The van der Waals surface area contributed by atoms with Crippen molar-refractivity contribution in [1.29, 1.82) is 0 Å². The Morgan fingerprint density at radius 3 is 2.67 bits per heavy atom. The van der Waals surface area contributed by atoms with Crippen molar-refractivity contribution >= 4 is 47.1 Å². The summed E-state index contributed by atoms with van der Waals surface area (Å²) in [6.45, 7) is 2.47. The Morgan fingerprint density at radius 1 is 1.33 bits per heavy atom. The molecule has 24 heavy (non-hydrogen) atoms. The number of hydrogen-bond donors (Lipinski definition) is 2. The first-order valence-electron chi connectivity index (χ1n) is 7.56. The van der Waals surface area contributed by atoms with Crippen molar-refractivity contribution in [3.63, 3.8) is 0 Å². The minimum absolute atomic E-state index is 0. The average Bonchev–Trinajstić information content (AvgIpc) is 3.01. The third-order valence-corrected chi connectivity index (χ3v) is 4.98. The zero-order valence-electron chi connectivity index (χ0n) is 13.0. The molecule has 1 aliphatic heterocycles. The number of hydrogen-bond acceptors (Lipinski definition) is 5. The molecule has 2 N–H and O–H groups in total. The molecule has 0 aliphatic carbocycles. The highest BCUT2D eigenvalue weighted by Gasteiger charge is 2.15. The fraction of sp³-hybridized carbons (Fsp3) is 0.375. The van der Waals surface area contributed by atoms with Crippen LogP contribution in [0.2, 0.25) is 5.15 Å². The van der Waals surface area contributed by atoms with Crippen LogP contribution in [0.25, 0.3) is 10.6 Å². The normalized spacial score (nSPS) is 14.7. The third kappa shape index (κ3) is 5.34. The lowest BCUT2D eigenvalue weighted by Gasteiger charge is -2.22. The maximum atomic E-state index is 11.8. The van der Waals surface area contributed by atoms with Gasteiger partial charge in [0.25, 0.3) is 0 Å². The van der Waals surface area contributed by atoms with Crippen molar-refractivity contribution in [2.45, 2.75) is 12.8 Å². The van der Waals surface area contributed by atoms with Gasteiger partial charge in [-0.25, -0.2) is 9.78 Å². The Kier molecular flexibility index (Phi) is 7.30. The second kappa shape index (κ2) is 9.22. The van der Waals surface area contributed by atoms with Gasteiger partial charge in [0.2, 0.25) is 0 Å². The highest BCUT2D eigenvalue weighted by Crippen LogP contribution is 2.26. The summed E-state index contributed by atoms with van der Waals surface area (Å²) in [6, 6.07) is 7.46. The molecule has 1 fully saturated rings. The number of halogens is 2. The number of piperidine rings is 1. The predicted octanol–water partition coefficient (Wildman–Crippen LogP) is 4.43. The summed E-state index contributed by atoms with van der Waals surface area (Å²) >= 11 is 7.32. The SMILES string of the molecule is Cl.O=C(Nc1ccc(-c2nc(Cl)cs2)cc1)OCC1CCNCC1. The van der Waals surface area contributed by atoms with E-state index in [1.807, 2.05) is 24.3 Å². The fourth-order valence-corrected chi connectivity index (χ4v) is 3.43. The van der Waals surface area contributed by atoms with Crippen LogP contribution in [-0.2, 0) is 4.74 Å². The first-order valence-corrected chi connectivity index (χ1v) is 8.82. The van der Waals surface area contributed by atoms with Gasteiger partial charge >= 0.3 is 6.09 Å². The van der Waals surface area contributed by atoms with E-state index in [-0.39, 0.29) is 12.4 Å². The number of aromatic nitrogens is 1. The smallest absolute Gasteiger partial charge is 0.411 e. The zero-order valence-corrected chi connectivity index (χ0v) is 15.3. The molecule has 1 aromatic carbocycles. The van der Waals surface area contributed by atoms with Crippen molar-refractivity contribution in [3.8, 4) is 10.6 Å². The van der Waals surface area contributed by atoms with Gasteiger partial charge in [0, 0.05) is 16.6 Å². The summed E-state index contributed by atoms with van der Waals surface area (Å²) in [5.41, 5.74) is 1.67. The highest BCUT2D eigenvalue weighted by atomic mass is 35.5. The van der Waals surface area contributed by atoms with E-state index in [9.17, 15) is 4.79 Å². The second-order valence-corrected chi connectivity index (χ2v) is 6.71. The van der Waals surface area contributed by atoms with Crippen molar-refractivity contribution < 1.29 is 9.53 Å². The minimum Gasteiger partial charge on any atom is -0.449 e. The van der Waals surface area contributed by atoms with Gasteiger partial charge in [-0.05, 0) is 56.1 Å². The molecule has 0 unspecified atom stereocenters. The van der Waals surface area contributed by atoms with Gasteiger partial charge in [-0.15, -0.1) is 23.7 Å². The summed E-state index contributed by atoms with van der Waals surface area (Å²) < 4.78 is 5.30. The van der Waals surface area contributed by atoms with E-state index in [0.717, 1.165) is 36.5 Å². The molecule has 5 nitrogen and oxygen atoms in total. The summed E-state index contributed by atoms with van der Waals surface area (Å²) in [7, 11) is 0. The van der Waals surface area contributed by atoms with Gasteiger partial charge in [0.1, 0.15) is 10.2 Å². The Hall–Kier alpha value is -1.34. The van der Waals surface area contributed by atoms with Gasteiger partial charge in [-0.1, -0.05) is 11.6 Å². The number of benzene rings is 1. The summed E-state index contributed by atoms with van der Waals surface area (Å²) in [6.07, 6.45) is 1.70. The molecular formula is C16H19Cl2N3O2S. The van der Waals surface area contributed by atoms with Crippen LogP contribution >= 0.6 is 35.3 Å². The average molecular weight is 388 g/mol. The number of amides is 1. The maximum absolute atomic E-state index is 11.8. The number of thiazole rings is 1. The lowest BCUT2D eigenvalue weighted by atomic mass is 9.99. The van der Waals surface area contributed by atoms with Gasteiger partial charge in [-0.2, -0.15) is 0 Å². The van der Waals surface area contributed by atoms with E-state index in [1.165, 1.54) is 11.3 Å². The molecular weight excluding hydrogens is 369 g/mol. The summed E-state index contributed by atoms with van der Waals surface area (Å²) in [5, 5.41) is 9.18. The summed E-state index contributed by atoms with van der Waals surface area (Å²) in [4.78, 5) is 16.1. The largest absolute Gasteiger partial charge is 0.449 e. The molecule has 0 saturated carbocycles. The number of rotatable bonds is 4. The Labute approximate surface area is 156 Å². The van der Waals surface area contributed by atoms with Crippen LogP contribution in [0, 0.1) is 5.92 Å². The van der Waals surface area contributed by atoms with E-state index in [4.69, 9.17) is 16.3 Å². The highest BCUT2D eigenvalue weighted by molar-refractivity contribution is 7.13. The number of anilines is 1. The van der Waals surface area contributed by atoms with E-state index < -0.39 is 6.09 Å². The van der Waals surface area contributed by atoms with Gasteiger partial charge in [0.15, 0.2) is 0 Å². The van der Waals surface area contributed by atoms with Crippen molar-refractivity contribution in [2.24, 2.45) is 5.92 Å². The molecule has 8 heteroatoms. The molecule has 130 valence electrons. The molecule has 0 spiro atoms. The monoisotopic (exact) mass is 387 g/mol. The topological polar surface area (TPSA) is 63.2 Å². The maximum Gasteiger partial charge on any atom is 0.411 e. The third-order valence-electron chi connectivity index (χ3n) is 3.76. The van der Waals surface area contributed by atoms with Crippen LogP contribution in [0.3, 0.4) is 0 Å². The van der Waals surface area contributed by atoms with Crippen molar-refractivity contribution in [1.82, 2.24) is 10.3 Å². The predicted molar refractivity (Wildman–Crippen MR) is 100 cm³/mol. The molecule has 2 heterocycles. The van der Waals surface area contributed by atoms with Crippen molar-refractivity contribution in [2.75, 3.05) is 25.0 Å². The number of carbonyl (C=O) groups is 1. The van der Waals surface area contributed by atoms with E-state index >= 15 is 0 Å². The lowest BCUT2D eigenvalue weighted by Crippen LogP contribution is -2.31. The van der Waals surface area contributed by atoms with Crippen LogP contribution in [0.5, 0.6) is 0 Å². The molecule has 0 atom stereocenters. The number of nitrogens with one attached hydrogen (secondary N) is 2. The standard InChI is InChI=1S/C16H18ClN3O2S.ClH/c17-14-10-23-15(20-14)12-1-3-13(4-2-12)19-16(21)22-9-11-5-7-18-8-6-11;/h1-4,10-11,18H,5-9H2,(H,19,21);1H. The van der Waals surface area contributed by atoms with Crippen LogP contribution < -0.4 is 10.6 Å². The van der Waals surface area contributed by atoms with Gasteiger partial charge in [-0.3, -0.25) is 5.32 Å². The fourth-order valence-electron chi connectivity index (χ4n) is 2.48. The van der Waals surface area contributed by atoms with Gasteiger partial charge < -0.3 is 10.1 Å². The van der Waals surface area contributed by atoms with Crippen LogP contribution in [0.1, 0.15) is 12.8 Å². The second-order valence-electron chi connectivity index (χ2n) is 5.47. The van der Waals surface area contributed by atoms with E-state index in [0.29, 0.717) is 23.4 Å². The van der Waals surface area contributed by atoms with Crippen LogP contribution in [0.15, 0.2) is 29.6 Å². The molecule has 1 aliphatic rings. The number of nitrogens with zero attached hydrogens (tertiary/aromatic N) is 1. The van der Waals surface area contributed by atoms with E-state index in [1.54, 1.807) is 5.38 Å². The zero-order chi connectivity index (χ0) is 16.1. The Morgan fingerprint density at radius 2 is 2.04 bits per heavy atom. The first kappa shape index (κ1) is 19.0. The summed E-state index contributed by atoms with van der Waals surface area (Å²) in [5.74, 6) is 0.457.